The van der Waals surface area contributed by atoms with Crippen molar-refractivity contribution in [3.63, 3.8) is 0 Å². The smallest absolute Gasteiger partial charge is 0.203 e. The molecule has 0 saturated carbocycles. The molecule has 0 bridgehead atoms. The van der Waals surface area contributed by atoms with E-state index in [9.17, 15) is 4.39 Å². The van der Waals surface area contributed by atoms with Crippen LogP contribution < -0.4 is 19.5 Å². The molecule has 3 aromatic carbocycles. The predicted octanol–water partition coefficient (Wildman–Crippen LogP) is 5.51. The van der Waals surface area contributed by atoms with Crippen LogP contribution in [0.3, 0.4) is 0 Å². The molecule has 6 nitrogen and oxygen atoms in total. The fourth-order valence-corrected chi connectivity index (χ4v) is 3.37. The number of hydrogen-bond donors (Lipinski definition) is 1. The molecule has 1 N–H and O–H groups in total. The van der Waals surface area contributed by atoms with Crippen LogP contribution in [-0.4, -0.2) is 31.3 Å². The van der Waals surface area contributed by atoms with Gasteiger partial charge in [0.15, 0.2) is 17.3 Å². The van der Waals surface area contributed by atoms with Crippen LogP contribution in [0, 0.1) is 12.7 Å². The van der Waals surface area contributed by atoms with Gasteiger partial charge in [-0.25, -0.2) is 14.4 Å². The van der Waals surface area contributed by atoms with Crippen molar-refractivity contribution in [2.75, 3.05) is 26.6 Å². The van der Waals surface area contributed by atoms with Gasteiger partial charge in [-0.15, -0.1) is 0 Å². The SMILES string of the molecule is COc1cc(-c2nc(Nc3cc(F)ccc3C)c3ccccc3n2)cc(OC)c1OC. The number of aryl methyl sites for hydroxylation is 1. The number of rotatable bonds is 6. The molecule has 0 saturated heterocycles. The van der Waals surface area contributed by atoms with E-state index in [4.69, 9.17) is 24.2 Å². The molecule has 158 valence electrons. The monoisotopic (exact) mass is 419 g/mol. The fraction of sp³-hybridized carbons (Fsp3) is 0.167. The number of benzene rings is 3. The Morgan fingerprint density at radius 2 is 1.55 bits per heavy atom. The molecule has 1 heterocycles. The number of ether oxygens (including phenoxy) is 3. The summed E-state index contributed by atoms with van der Waals surface area (Å²) < 4.78 is 30.2. The number of nitrogens with one attached hydrogen (secondary N) is 1. The lowest BCUT2D eigenvalue weighted by atomic mass is 10.1. The first kappa shape index (κ1) is 20.4. The van der Waals surface area contributed by atoms with Crippen LogP contribution in [0.25, 0.3) is 22.3 Å². The quantitative estimate of drug-likeness (QED) is 0.444. The Kier molecular flexibility index (Phi) is 5.58. The van der Waals surface area contributed by atoms with E-state index in [0.717, 1.165) is 16.5 Å². The number of fused-ring (bicyclic) bond motifs is 1. The predicted molar refractivity (Wildman–Crippen MR) is 119 cm³/mol. The lowest BCUT2D eigenvalue weighted by Gasteiger charge is -2.15. The summed E-state index contributed by atoms with van der Waals surface area (Å²) in [6, 6.07) is 15.8. The minimum Gasteiger partial charge on any atom is -0.493 e. The van der Waals surface area contributed by atoms with Gasteiger partial charge in [0.05, 0.1) is 26.8 Å². The van der Waals surface area contributed by atoms with Crippen molar-refractivity contribution < 1.29 is 18.6 Å². The molecular formula is C24H22FN3O3. The highest BCUT2D eigenvalue weighted by Crippen LogP contribution is 2.41. The third-order valence-electron chi connectivity index (χ3n) is 4.98. The minimum absolute atomic E-state index is 0.323. The number of para-hydroxylation sites is 1. The van der Waals surface area contributed by atoms with Crippen molar-refractivity contribution in [2.24, 2.45) is 0 Å². The zero-order chi connectivity index (χ0) is 22.0. The van der Waals surface area contributed by atoms with Gasteiger partial charge in [0, 0.05) is 16.6 Å². The van der Waals surface area contributed by atoms with Gasteiger partial charge in [0.2, 0.25) is 5.75 Å². The van der Waals surface area contributed by atoms with Crippen LogP contribution >= 0.6 is 0 Å². The van der Waals surface area contributed by atoms with Crippen molar-refractivity contribution in [3.8, 4) is 28.6 Å². The molecule has 0 fully saturated rings. The zero-order valence-corrected chi connectivity index (χ0v) is 17.7. The number of halogens is 1. The molecule has 0 unspecified atom stereocenters. The topological polar surface area (TPSA) is 65.5 Å². The van der Waals surface area contributed by atoms with E-state index in [1.165, 1.54) is 12.1 Å². The molecule has 0 radical (unpaired) electrons. The van der Waals surface area contributed by atoms with Gasteiger partial charge in [-0.1, -0.05) is 18.2 Å². The van der Waals surface area contributed by atoms with Gasteiger partial charge in [-0.05, 0) is 48.9 Å². The molecule has 1 aromatic heterocycles. The summed E-state index contributed by atoms with van der Waals surface area (Å²) in [6.45, 7) is 1.91. The Balaban J connectivity index is 1.90. The van der Waals surface area contributed by atoms with E-state index in [1.807, 2.05) is 31.2 Å². The Bertz CT molecular complexity index is 1240. The first-order valence-corrected chi connectivity index (χ1v) is 9.64. The Morgan fingerprint density at radius 3 is 2.23 bits per heavy atom. The van der Waals surface area contributed by atoms with Crippen LogP contribution in [-0.2, 0) is 0 Å². The second-order valence-corrected chi connectivity index (χ2v) is 6.91. The van der Waals surface area contributed by atoms with Crippen LogP contribution in [0.1, 0.15) is 5.56 Å². The second kappa shape index (κ2) is 8.47. The van der Waals surface area contributed by atoms with Crippen molar-refractivity contribution in [3.05, 3.63) is 66.0 Å². The maximum absolute atomic E-state index is 13.8. The molecule has 0 spiro atoms. The van der Waals surface area contributed by atoms with E-state index in [2.05, 4.69) is 5.32 Å². The molecule has 0 aliphatic carbocycles. The van der Waals surface area contributed by atoms with Gasteiger partial charge in [0.25, 0.3) is 0 Å². The molecule has 7 heteroatoms. The summed E-state index contributed by atoms with van der Waals surface area (Å²) in [5, 5.41) is 4.09. The van der Waals surface area contributed by atoms with E-state index in [0.29, 0.717) is 40.1 Å². The summed E-state index contributed by atoms with van der Waals surface area (Å²) in [5.74, 6) is 2.21. The molecular weight excluding hydrogens is 397 g/mol. The summed E-state index contributed by atoms with van der Waals surface area (Å²) in [5.41, 5.74) is 2.98. The Labute approximate surface area is 179 Å². The van der Waals surface area contributed by atoms with Crippen molar-refractivity contribution in [1.82, 2.24) is 9.97 Å². The lowest BCUT2D eigenvalue weighted by molar-refractivity contribution is 0.324. The van der Waals surface area contributed by atoms with Gasteiger partial charge >= 0.3 is 0 Å². The standard InChI is InChI=1S/C24H22FN3O3/c1-14-9-10-16(25)13-19(14)27-24-17-7-5-6-8-18(17)26-23(28-24)15-11-20(29-2)22(31-4)21(12-15)30-3/h5-13H,1-4H3,(H,26,27,28). The highest BCUT2D eigenvalue weighted by Gasteiger charge is 2.17. The summed E-state index contributed by atoms with van der Waals surface area (Å²) in [6.07, 6.45) is 0. The fourth-order valence-electron chi connectivity index (χ4n) is 3.37. The average molecular weight is 419 g/mol. The van der Waals surface area contributed by atoms with Crippen LogP contribution in [0.15, 0.2) is 54.6 Å². The third-order valence-corrected chi connectivity index (χ3v) is 4.98. The van der Waals surface area contributed by atoms with E-state index < -0.39 is 0 Å². The molecule has 0 atom stereocenters. The van der Waals surface area contributed by atoms with Crippen molar-refractivity contribution in [1.29, 1.82) is 0 Å². The number of nitrogens with zero attached hydrogens (tertiary/aromatic N) is 2. The molecule has 0 aliphatic rings. The highest BCUT2D eigenvalue weighted by molar-refractivity contribution is 5.92. The largest absolute Gasteiger partial charge is 0.493 e. The van der Waals surface area contributed by atoms with Crippen molar-refractivity contribution in [2.45, 2.75) is 6.92 Å². The zero-order valence-electron chi connectivity index (χ0n) is 17.7. The van der Waals surface area contributed by atoms with E-state index in [1.54, 1.807) is 39.5 Å². The van der Waals surface area contributed by atoms with Gasteiger partial charge in [-0.3, -0.25) is 0 Å². The number of hydrogen-bond acceptors (Lipinski definition) is 6. The Hall–Kier alpha value is -3.87. The van der Waals surface area contributed by atoms with Crippen LogP contribution in [0.4, 0.5) is 15.9 Å². The molecule has 0 amide bonds. The van der Waals surface area contributed by atoms with Gasteiger partial charge in [-0.2, -0.15) is 0 Å². The van der Waals surface area contributed by atoms with E-state index in [-0.39, 0.29) is 5.82 Å². The lowest BCUT2D eigenvalue weighted by Crippen LogP contribution is -2.02. The summed E-state index contributed by atoms with van der Waals surface area (Å²) in [4.78, 5) is 9.46. The van der Waals surface area contributed by atoms with Crippen LogP contribution in [0.2, 0.25) is 0 Å². The number of methoxy groups -OCH3 is 3. The first-order valence-electron chi connectivity index (χ1n) is 9.64. The number of anilines is 2. The average Bonchev–Trinajstić information content (AvgIpc) is 2.80. The maximum Gasteiger partial charge on any atom is 0.203 e. The molecule has 0 aliphatic heterocycles. The summed E-state index contributed by atoms with van der Waals surface area (Å²) in [7, 11) is 4.67. The van der Waals surface area contributed by atoms with Gasteiger partial charge < -0.3 is 19.5 Å². The first-order chi connectivity index (χ1) is 15.0. The Morgan fingerprint density at radius 1 is 0.839 bits per heavy atom. The van der Waals surface area contributed by atoms with Crippen molar-refractivity contribution >= 4 is 22.4 Å². The highest BCUT2D eigenvalue weighted by atomic mass is 19.1. The number of aromatic nitrogens is 2. The maximum atomic E-state index is 13.8. The molecule has 4 aromatic rings. The minimum atomic E-state index is -0.323. The van der Waals surface area contributed by atoms with Crippen LogP contribution in [0.5, 0.6) is 17.2 Å². The molecule has 31 heavy (non-hydrogen) atoms. The third kappa shape index (κ3) is 3.94. The normalized spacial score (nSPS) is 10.7. The van der Waals surface area contributed by atoms with Gasteiger partial charge in [0.1, 0.15) is 11.6 Å². The summed E-state index contributed by atoms with van der Waals surface area (Å²) >= 11 is 0. The molecule has 4 rings (SSSR count). The second-order valence-electron chi connectivity index (χ2n) is 6.91. The van der Waals surface area contributed by atoms with E-state index >= 15 is 0 Å².